The highest BCUT2D eigenvalue weighted by Gasteiger charge is 2.40. The van der Waals surface area contributed by atoms with Crippen LogP contribution in [-0.4, -0.2) is 42.2 Å². The van der Waals surface area contributed by atoms with Gasteiger partial charge in [0.2, 0.25) is 5.88 Å². The average Bonchev–Trinajstić information content (AvgIpc) is 2.72. The molecule has 164 valence electrons. The second kappa shape index (κ2) is 8.14. The van der Waals surface area contributed by atoms with Gasteiger partial charge in [0.25, 0.3) is 0 Å². The molecule has 0 spiro atoms. The van der Waals surface area contributed by atoms with Gasteiger partial charge in [-0.1, -0.05) is 0 Å². The molecule has 9 heteroatoms. The van der Waals surface area contributed by atoms with Crippen LogP contribution in [0.3, 0.4) is 0 Å². The monoisotopic (exact) mass is 444 g/mol. The number of hydrogen-bond acceptors (Lipinski definition) is 8. The zero-order valence-corrected chi connectivity index (χ0v) is 18.1. The van der Waals surface area contributed by atoms with Gasteiger partial charge in [-0.3, -0.25) is 28.5 Å². The Morgan fingerprint density at radius 1 is 1.16 bits per heavy atom. The van der Waals surface area contributed by atoms with Gasteiger partial charge in [0.15, 0.2) is 17.3 Å². The van der Waals surface area contributed by atoms with Crippen LogP contribution in [0.25, 0.3) is 0 Å². The van der Waals surface area contributed by atoms with Crippen LogP contribution in [-0.2, 0) is 9.59 Å². The molecule has 2 heterocycles. The third kappa shape index (κ3) is 3.88. The number of fused-ring (bicyclic) bond motifs is 1. The van der Waals surface area contributed by atoms with Crippen molar-refractivity contribution < 1.29 is 28.2 Å². The Morgan fingerprint density at radius 2 is 1.87 bits per heavy atom. The number of rotatable bonds is 4. The van der Waals surface area contributed by atoms with Crippen molar-refractivity contribution in [2.45, 2.75) is 50.5 Å². The largest absolute Gasteiger partial charge is 0.468 e. The van der Waals surface area contributed by atoms with Gasteiger partial charge >= 0.3 is 0 Å². The normalized spacial score (nSPS) is 22.0. The van der Waals surface area contributed by atoms with E-state index in [1.54, 1.807) is 19.9 Å². The smallest absolute Gasteiger partial charge is 0.232 e. The molecule has 1 aromatic heterocycles. The number of benzene rings is 1. The van der Waals surface area contributed by atoms with Crippen molar-refractivity contribution in [3.05, 3.63) is 46.9 Å². The van der Waals surface area contributed by atoms with Crippen LogP contribution in [0.5, 0.6) is 5.88 Å². The molecule has 31 heavy (non-hydrogen) atoms. The van der Waals surface area contributed by atoms with Crippen molar-refractivity contribution in [1.82, 2.24) is 9.97 Å². The third-order valence-corrected chi connectivity index (χ3v) is 7.91. The van der Waals surface area contributed by atoms with Gasteiger partial charge in [-0.05, 0) is 37.5 Å². The summed E-state index contributed by atoms with van der Waals surface area (Å²) in [6.45, 7) is 3.38. The number of aromatic nitrogens is 2. The summed E-state index contributed by atoms with van der Waals surface area (Å²) in [4.78, 5) is 46.5. The topological polar surface area (TPSA) is 127 Å². The second-order valence-corrected chi connectivity index (χ2v) is 10.2. The molecule has 2 aromatic rings. The first-order valence-corrected chi connectivity index (χ1v) is 11.8. The van der Waals surface area contributed by atoms with Crippen molar-refractivity contribution >= 4 is 27.9 Å². The quantitative estimate of drug-likeness (QED) is 0.538. The number of carbonyl (C=O) groups is 3. The second-order valence-electron chi connectivity index (χ2n) is 8.00. The summed E-state index contributed by atoms with van der Waals surface area (Å²) in [7, 11) is -3.07. The van der Waals surface area contributed by atoms with Gasteiger partial charge in [-0.2, -0.15) is 10.6 Å². The first-order chi connectivity index (χ1) is 14.7. The number of carbonyl (C=O) groups excluding carboxylic acids is 3. The highest BCUT2D eigenvalue weighted by atomic mass is 32.3. The van der Waals surface area contributed by atoms with Crippen molar-refractivity contribution in [2.24, 2.45) is 5.92 Å². The van der Waals surface area contributed by atoms with Crippen molar-refractivity contribution in [3.63, 3.8) is 0 Å². The Labute approximate surface area is 181 Å². The van der Waals surface area contributed by atoms with Gasteiger partial charge in [-0.15, -0.1) is 0 Å². The maximum absolute atomic E-state index is 13.3. The van der Waals surface area contributed by atoms with Crippen LogP contribution in [0, 0.1) is 19.8 Å². The number of aryl methyl sites for hydroxylation is 1. The summed E-state index contributed by atoms with van der Waals surface area (Å²) >= 11 is 0. The van der Waals surface area contributed by atoms with Crippen LogP contribution < -0.4 is 4.74 Å². The van der Waals surface area contributed by atoms with Crippen LogP contribution in [0.1, 0.15) is 58.8 Å². The van der Waals surface area contributed by atoms with E-state index in [-0.39, 0.29) is 41.6 Å². The van der Waals surface area contributed by atoms with E-state index in [2.05, 4.69) is 9.97 Å². The minimum atomic E-state index is -3.07. The zero-order chi connectivity index (χ0) is 22.3. The SMILES string of the molecule is Cc1cc(C(=O)C2C(=O)CCCC2=O)c(C)c2c1S(O)(O)CCC2Oc1cnccn1. The molecule has 0 amide bonds. The molecular weight excluding hydrogens is 420 g/mol. The fraction of sp³-hybridized carbons (Fsp3) is 0.409. The van der Waals surface area contributed by atoms with Crippen LogP contribution in [0.15, 0.2) is 29.6 Å². The molecule has 1 atom stereocenters. The lowest BCUT2D eigenvalue weighted by Gasteiger charge is -2.43. The van der Waals surface area contributed by atoms with Gasteiger partial charge in [0, 0.05) is 48.5 Å². The van der Waals surface area contributed by atoms with Gasteiger partial charge in [0.05, 0.1) is 11.1 Å². The van der Waals surface area contributed by atoms with Crippen molar-refractivity contribution in [1.29, 1.82) is 0 Å². The van der Waals surface area contributed by atoms with E-state index in [1.165, 1.54) is 18.6 Å². The maximum Gasteiger partial charge on any atom is 0.232 e. The molecule has 1 unspecified atom stereocenters. The number of ether oxygens (including phenoxy) is 1. The number of hydrogen-bond donors (Lipinski definition) is 2. The Hall–Kier alpha value is -2.62. The van der Waals surface area contributed by atoms with E-state index in [0.29, 0.717) is 34.4 Å². The molecule has 2 N–H and O–H groups in total. The van der Waals surface area contributed by atoms with Gasteiger partial charge in [-0.25, -0.2) is 4.98 Å². The third-order valence-electron chi connectivity index (χ3n) is 5.91. The Kier molecular flexibility index (Phi) is 5.67. The molecule has 4 rings (SSSR count). The van der Waals surface area contributed by atoms with Crippen LogP contribution in [0.2, 0.25) is 0 Å². The predicted octanol–water partition coefficient (Wildman–Crippen LogP) is 3.85. The average molecular weight is 445 g/mol. The van der Waals surface area contributed by atoms with E-state index < -0.39 is 28.4 Å². The maximum atomic E-state index is 13.3. The number of nitrogens with zero attached hydrogens (tertiary/aromatic N) is 2. The summed E-state index contributed by atoms with van der Waals surface area (Å²) in [6, 6.07) is 1.56. The lowest BCUT2D eigenvalue weighted by Crippen LogP contribution is -2.36. The molecule has 1 fully saturated rings. The fourth-order valence-corrected chi connectivity index (χ4v) is 6.43. The van der Waals surface area contributed by atoms with E-state index in [9.17, 15) is 23.5 Å². The molecule has 1 aliphatic heterocycles. The first-order valence-electron chi connectivity index (χ1n) is 10.1. The molecule has 8 nitrogen and oxygen atoms in total. The number of ketones is 3. The lowest BCUT2D eigenvalue weighted by atomic mass is 9.79. The van der Waals surface area contributed by atoms with Crippen molar-refractivity contribution in [3.8, 4) is 5.88 Å². The van der Waals surface area contributed by atoms with Crippen molar-refractivity contribution in [2.75, 3.05) is 5.75 Å². The molecular formula is C22H24N2O6S. The molecule has 0 saturated heterocycles. The van der Waals surface area contributed by atoms with E-state index in [0.717, 1.165) is 0 Å². The first kappa shape index (κ1) is 21.6. The van der Waals surface area contributed by atoms with Crippen LogP contribution >= 0.6 is 10.6 Å². The highest BCUT2D eigenvalue weighted by molar-refractivity contribution is 8.24. The van der Waals surface area contributed by atoms with Gasteiger partial charge < -0.3 is 4.74 Å². The minimum absolute atomic E-state index is 0.123. The summed E-state index contributed by atoms with van der Waals surface area (Å²) in [6.07, 6.45) is 5.10. The molecule has 1 saturated carbocycles. The molecule has 1 aliphatic carbocycles. The van der Waals surface area contributed by atoms with E-state index in [4.69, 9.17) is 4.74 Å². The fourth-order valence-electron chi connectivity index (χ4n) is 4.48. The standard InChI is InChI=1S/C22H24N2O6S/c1-12-10-14(21(27)20-15(25)4-3-5-16(20)26)13(2)19-17(6-9-31(28,29)22(12)19)30-18-11-23-7-8-24-18/h7-8,10-11,17,20,28-29H,3-6,9H2,1-2H3. The number of Topliss-reactive ketones (excluding diaryl/α,β-unsaturated/α-hetero) is 3. The van der Waals surface area contributed by atoms with Crippen LogP contribution in [0.4, 0.5) is 0 Å². The Bertz CT molecular complexity index is 1050. The zero-order valence-electron chi connectivity index (χ0n) is 17.3. The lowest BCUT2D eigenvalue weighted by molar-refractivity contribution is -0.133. The Morgan fingerprint density at radius 3 is 2.52 bits per heavy atom. The van der Waals surface area contributed by atoms with Gasteiger partial charge in [0.1, 0.15) is 12.0 Å². The summed E-state index contributed by atoms with van der Waals surface area (Å²) in [5, 5.41) is 0. The molecule has 0 radical (unpaired) electrons. The summed E-state index contributed by atoms with van der Waals surface area (Å²) in [5.41, 5.74) is 1.77. The highest BCUT2D eigenvalue weighted by Crippen LogP contribution is 2.59. The predicted molar refractivity (Wildman–Crippen MR) is 114 cm³/mol. The molecule has 0 bridgehead atoms. The van der Waals surface area contributed by atoms with E-state index >= 15 is 0 Å². The molecule has 1 aromatic carbocycles. The van der Waals surface area contributed by atoms with E-state index in [1.807, 2.05) is 0 Å². The minimum Gasteiger partial charge on any atom is -0.468 e. The summed E-state index contributed by atoms with van der Waals surface area (Å²) < 4.78 is 27.5. The Balaban J connectivity index is 1.82. The molecule has 2 aliphatic rings. The summed E-state index contributed by atoms with van der Waals surface area (Å²) in [5.74, 6) is -2.12.